The van der Waals surface area contributed by atoms with Crippen LogP contribution >= 0.6 is 0 Å². The number of benzene rings is 1. The molecule has 0 radical (unpaired) electrons. The first-order valence-corrected chi connectivity index (χ1v) is 7.37. The zero-order chi connectivity index (χ0) is 14.4. The van der Waals surface area contributed by atoms with Crippen LogP contribution in [0.1, 0.15) is 44.7 Å². The van der Waals surface area contributed by atoms with E-state index in [-0.39, 0.29) is 11.9 Å². The van der Waals surface area contributed by atoms with Crippen molar-refractivity contribution in [3.63, 3.8) is 0 Å². The van der Waals surface area contributed by atoms with Crippen LogP contribution in [-0.4, -0.2) is 25.2 Å². The average molecular weight is 276 g/mol. The van der Waals surface area contributed by atoms with E-state index in [2.05, 4.69) is 23.6 Å². The van der Waals surface area contributed by atoms with Gasteiger partial charge in [-0.15, -0.1) is 0 Å². The third-order valence-electron chi connectivity index (χ3n) is 3.65. The summed E-state index contributed by atoms with van der Waals surface area (Å²) in [5.74, 6) is -0.0406. The molecule has 0 saturated carbocycles. The number of rotatable bonds is 6. The lowest BCUT2D eigenvalue weighted by Crippen LogP contribution is -2.23. The zero-order valence-corrected chi connectivity index (χ0v) is 12.3. The van der Waals surface area contributed by atoms with Crippen LogP contribution in [0.5, 0.6) is 0 Å². The van der Waals surface area contributed by atoms with Gasteiger partial charge in [-0.05, 0) is 50.4 Å². The Hall–Kier alpha value is -1.39. The maximum atomic E-state index is 11.1. The van der Waals surface area contributed by atoms with Crippen molar-refractivity contribution >= 4 is 11.6 Å². The molecule has 1 aliphatic rings. The third-order valence-corrected chi connectivity index (χ3v) is 3.65. The normalized spacial score (nSPS) is 19.8. The molecule has 2 N–H and O–H groups in total. The number of ether oxygens (including phenoxy) is 1. The molecule has 20 heavy (non-hydrogen) atoms. The Bertz CT molecular complexity index is 442. The number of nitrogens with one attached hydrogen (secondary N) is 2. The predicted molar refractivity (Wildman–Crippen MR) is 80.8 cm³/mol. The van der Waals surface area contributed by atoms with Gasteiger partial charge in [0.05, 0.1) is 6.10 Å². The molecule has 4 heteroatoms. The second-order valence-electron chi connectivity index (χ2n) is 5.41. The van der Waals surface area contributed by atoms with E-state index in [1.807, 2.05) is 18.2 Å². The molecule has 1 aliphatic heterocycles. The van der Waals surface area contributed by atoms with Gasteiger partial charge in [0.1, 0.15) is 0 Å². The Morgan fingerprint density at radius 3 is 3.05 bits per heavy atom. The molecule has 0 aromatic heterocycles. The smallest absolute Gasteiger partial charge is 0.221 e. The Kier molecular flexibility index (Phi) is 5.56. The third kappa shape index (κ3) is 4.62. The SMILES string of the molecule is CC(=O)Nc1cccc(C(C)NCCC2CCCO2)c1. The number of hydrogen-bond acceptors (Lipinski definition) is 3. The van der Waals surface area contributed by atoms with Crippen LogP contribution in [0.15, 0.2) is 24.3 Å². The van der Waals surface area contributed by atoms with Crippen LogP contribution in [0.4, 0.5) is 5.69 Å². The summed E-state index contributed by atoms with van der Waals surface area (Å²) < 4.78 is 5.62. The molecular formula is C16H24N2O2. The molecule has 1 aromatic carbocycles. The highest BCUT2D eigenvalue weighted by Crippen LogP contribution is 2.18. The summed E-state index contributed by atoms with van der Waals surface area (Å²) in [5, 5.41) is 6.33. The molecule has 1 heterocycles. The van der Waals surface area contributed by atoms with Gasteiger partial charge in [0.2, 0.25) is 5.91 Å². The van der Waals surface area contributed by atoms with Crippen LogP contribution in [0.25, 0.3) is 0 Å². The molecule has 110 valence electrons. The highest BCUT2D eigenvalue weighted by Gasteiger charge is 2.15. The Morgan fingerprint density at radius 1 is 1.50 bits per heavy atom. The fraction of sp³-hybridized carbons (Fsp3) is 0.562. The Labute approximate surface area is 120 Å². The largest absolute Gasteiger partial charge is 0.378 e. The Balaban J connectivity index is 1.81. The van der Waals surface area contributed by atoms with Gasteiger partial charge in [-0.2, -0.15) is 0 Å². The first-order valence-electron chi connectivity index (χ1n) is 7.37. The standard InChI is InChI=1S/C16H24N2O2/c1-12(17-9-8-16-7-4-10-20-16)14-5-3-6-15(11-14)18-13(2)19/h3,5-6,11-12,16-17H,4,7-10H2,1-2H3,(H,18,19). The molecule has 4 nitrogen and oxygen atoms in total. The summed E-state index contributed by atoms with van der Waals surface area (Å²) in [5.41, 5.74) is 2.03. The van der Waals surface area contributed by atoms with Crippen molar-refractivity contribution in [2.24, 2.45) is 0 Å². The summed E-state index contributed by atoms with van der Waals surface area (Å²) in [6, 6.07) is 8.24. The molecule has 0 aliphatic carbocycles. The molecule has 1 saturated heterocycles. The molecular weight excluding hydrogens is 252 g/mol. The number of amides is 1. The van der Waals surface area contributed by atoms with Gasteiger partial charge in [0.15, 0.2) is 0 Å². The van der Waals surface area contributed by atoms with Crippen molar-refractivity contribution in [3.8, 4) is 0 Å². The molecule has 1 aromatic rings. The van der Waals surface area contributed by atoms with E-state index in [0.29, 0.717) is 6.10 Å². The van der Waals surface area contributed by atoms with Crippen molar-refractivity contribution < 1.29 is 9.53 Å². The number of anilines is 1. The highest BCUT2D eigenvalue weighted by atomic mass is 16.5. The molecule has 2 unspecified atom stereocenters. The highest BCUT2D eigenvalue weighted by molar-refractivity contribution is 5.88. The lowest BCUT2D eigenvalue weighted by atomic mass is 10.1. The lowest BCUT2D eigenvalue weighted by Gasteiger charge is -2.17. The van der Waals surface area contributed by atoms with Crippen molar-refractivity contribution in [2.45, 2.75) is 45.3 Å². The van der Waals surface area contributed by atoms with Crippen LogP contribution in [-0.2, 0) is 9.53 Å². The topological polar surface area (TPSA) is 50.4 Å². The number of hydrogen-bond donors (Lipinski definition) is 2. The fourth-order valence-corrected chi connectivity index (χ4v) is 2.54. The second kappa shape index (κ2) is 7.41. The first kappa shape index (κ1) is 15.0. The van der Waals surface area contributed by atoms with E-state index < -0.39 is 0 Å². The molecule has 0 bridgehead atoms. The lowest BCUT2D eigenvalue weighted by molar-refractivity contribution is -0.114. The molecule has 0 spiro atoms. The summed E-state index contributed by atoms with van der Waals surface area (Å²) in [7, 11) is 0. The zero-order valence-electron chi connectivity index (χ0n) is 12.3. The van der Waals surface area contributed by atoms with Crippen LogP contribution in [0, 0.1) is 0 Å². The average Bonchev–Trinajstić information content (AvgIpc) is 2.91. The van der Waals surface area contributed by atoms with Crippen molar-refractivity contribution in [1.29, 1.82) is 0 Å². The van der Waals surface area contributed by atoms with Gasteiger partial charge in [-0.3, -0.25) is 4.79 Å². The minimum atomic E-state index is -0.0406. The summed E-state index contributed by atoms with van der Waals surface area (Å²) in [4.78, 5) is 11.1. The molecule has 2 atom stereocenters. The van der Waals surface area contributed by atoms with E-state index in [9.17, 15) is 4.79 Å². The van der Waals surface area contributed by atoms with Gasteiger partial charge in [-0.25, -0.2) is 0 Å². The Morgan fingerprint density at radius 2 is 2.35 bits per heavy atom. The van der Waals surface area contributed by atoms with Gasteiger partial charge < -0.3 is 15.4 Å². The van der Waals surface area contributed by atoms with Crippen molar-refractivity contribution in [2.75, 3.05) is 18.5 Å². The predicted octanol–water partition coefficient (Wildman–Crippen LogP) is 2.86. The second-order valence-corrected chi connectivity index (χ2v) is 5.41. The van der Waals surface area contributed by atoms with Gasteiger partial charge >= 0.3 is 0 Å². The monoisotopic (exact) mass is 276 g/mol. The van der Waals surface area contributed by atoms with Gasteiger partial charge in [0.25, 0.3) is 0 Å². The molecule has 1 amide bonds. The van der Waals surface area contributed by atoms with Crippen molar-refractivity contribution in [3.05, 3.63) is 29.8 Å². The van der Waals surface area contributed by atoms with Gasteiger partial charge in [-0.1, -0.05) is 12.1 Å². The summed E-state index contributed by atoms with van der Waals surface area (Å²) >= 11 is 0. The number of carbonyl (C=O) groups is 1. The maximum Gasteiger partial charge on any atom is 0.221 e. The van der Waals surface area contributed by atoms with Crippen LogP contribution < -0.4 is 10.6 Å². The van der Waals surface area contributed by atoms with Crippen molar-refractivity contribution in [1.82, 2.24) is 5.32 Å². The van der Waals surface area contributed by atoms with E-state index >= 15 is 0 Å². The van der Waals surface area contributed by atoms with E-state index in [0.717, 1.165) is 25.3 Å². The van der Waals surface area contributed by atoms with Crippen LogP contribution in [0.3, 0.4) is 0 Å². The summed E-state index contributed by atoms with van der Waals surface area (Å²) in [6.07, 6.45) is 3.88. The van der Waals surface area contributed by atoms with E-state index in [1.54, 1.807) is 0 Å². The number of carbonyl (C=O) groups excluding carboxylic acids is 1. The van der Waals surface area contributed by atoms with Crippen LogP contribution in [0.2, 0.25) is 0 Å². The quantitative estimate of drug-likeness (QED) is 0.840. The summed E-state index contributed by atoms with van der Waals surface area (Å²) in [6.45, 7) is 5.54. The maximum absolute atomic E-state index is 11.1. The molecule has 1 fully saturated rings. The van der Waals surface area contributed by atoms with E-state index in [1.165, 1.54) is 25.3 Å². The fourth-order valence-electron chi connectivity index (χ4n) is 2.54. The molecule has 2 rings (SSSR count). The minimum Gasteiger partial charge on any atom is -0.378 e. The van der Waals surface area contributed by atoms with Gasteiger partial charge in [0, 0.05) is 25.3 Å². The first-order chi connectivity index (χ1) is 9.65. The minimum absolute atomic E-state index is 0.0406. The van der Waals surface area contributed by atoms with E-state index in [4.69, 9.17) is 4.74 Å².